The molecule has 1 N–H and O–H groups in total. The molecule has 0 aliphatic rings. The van der Waals surface area contributed by atoms with Gasteiger partial charge in [-0.25, -0.2) is 4.98 Å². The van der Waals surface area contributed by atoms with Crippen molar-refractivity contribution in [2.24, 2.45) is 0 Å². The predicted octanol–water partition coefficient (Wildman–Crippen LogP) is 3.50. The van der Waals surface area contributed by atoms with Crippen molar-refractivity contribution in [1.82, 2.24) is 10.3 Å². The predicted molar refractivity (Wildman–Crippen MR) is 67.5 cm³/mol. The molecule has 0 atom stereocenters. The van der Waals surface area contributed by atoms with Crippen molar-refractivity contribution < 1.29 is 0 Å². The third kappa shape index (κ3) is 3.28. The second kappa shape index (κ2) is 5.08. The van der Waals surface area contributed by atoms with E-state index in [1.807, 2.05) is 0 Å². The molecular formula is C12H22N2S. The minimum atomic E-state index is 0.00775. The molecule has 0 radical (unpaired) electrons. The molecule has 3 heteroatoms. The van der Waals surface area contributed by atoms with Gasteiger partial charge in [0, 0.05) is 5.38 Å². The lowest BCUT2D eigenvalue weighted by Crippen LogP contribution is -2.36. The van der Waals surface area contributed by atoms with Crippen molar-refractivity contribution in [2.75, 3.05) is 6.54 Å². The van der Waals surface area contributed by atoms with Gasteiger partial charge in [0.05, 0.1) is 11.2 Å². The van der Waals surface area contributed by atoms with Crippen molar-refractivity contribution in [2.45, 2.75) is 52.5 Å². The average molecular weight is 226 g/mol. The third-order valence-corrected chi connectivity index (χ3v) is 3.65. The summed E-state index contributed by atoms with van der Waals surface area (Å²) in [5.74, 6) is 0.525. The van der Waals surface area contributed by atoms with Crippen molar-refractivity contribution in [3.8, 4) is 0 Å². The molecule has 0 aliphatic heterocycles. The number of nitrogens with one attached hydrogen (secondary N) is 1. The highest BCUT2D eigenvalue weighted by atomic mass is 32.1. The Kier molecular flexibility index (Phi) is 4.29. The lowest BCUT2D eigenvalue weighted by molar-refractivity contribution is 0.401. The molecule has 0 aromatic carbocycles. The lowest BCUT2D eigenvalue weighted by atomic mass is 10.1. The smallest absolute Gasteiger partial charge is 0.112 e. The van der Waals surface area contributed by atoms with Gasteiger partial charge in [0.25, 0.3) is 0 Å². The minimum Gasteiger partial charge on any atom is -0.306 e. The standard InChI is InChI=1S/C12H22N2S/c1-6-7-13-12(4,5)11-14-10(8-15-11)9(2)3/h8-9,13H,6-7H2,1-5H3. The maximum atomic E-state index is 4.69. The monoisotopic (exact) mass is 226 g/mol. The summed E-state index contributed by atoms with van der Waals surface area (Å²) in [5, 5.41) is 6.90. The molecule has 0 saturated heterocycles. The summed E-state index contributed by atoms with van der Waals surface area (Å²) in [6.07, 6.45) is 1.16. The van der Waals surface area contributed by atoms with E-state index in [1.54, 1.807) is 11.3 Å². The summed E-state index contributed by atoms with van der Waals surface area (Å²) >= 11 is 1.76. The molecule has 1 aromatic rings. The Hall–Kier alpha value is -0.410. The third-order valence-electron chi connectivity index (χ3n) is 2.47. The zero-order valence-electron chi connectivity index (χ0n) is 10.4. The zero-order chi connectivity index (χ0) is 11.5. The second-order valence-electron chi connectivity index (χ2n) is 4.78. The molecule has 1 aromatic heterocycles. The summed E-state index contributed by atoms with van der Waals surface area (Å²) in [4.78, 5) is 4.69. The summed E-state index contributed by atoms with van der Waals surface area (Å²) in [7, 11) is 0. The Morgan fingerprint density at radius 1 is 1.47 bits per heavy atom. The topological polar surface area (TPSA) is 24.9 Å². The molecule has 0 fully saturated rings. The number of thiazole rings is 1. The van der Waals surface area contributed by atoms with Crippen LogP contribution in [0.1, 0.15) is 57.7 Å². The van der Waals surface area contributed by atoms with Crippen molar-refractivity contribution in [1.29, 1.82) is 0 Å². The van der Waals surface area contributed by atoms with Crippen LogP contribution in [0.3, 0.4) is 0 Å². The van der Waals surface area contributed by atoms with Crippen molar-refractivity contribution in [3.63, 3.8) is 0 Å². The summed E-state index contributed by atoms with van der Waals surface area (Å²) in [5.41, 5.74) is 1.22. The first-order valence-electron chi connectivity index (χ1n) is 5.68. The lowest BCUT2D eigenvalue weighted by Gasteiger charge is -2.23. The van der Waals surface area contributed by atoms with Gasteiger partial charge in [0.15, 0.2) is 0 Å². The van der Waals surface area contributed by atoms with Gasteiger partial charge in [0.1, 0.15) is 5.01 Å². The van der Waals surface area contributed by atoms with E-state index >= 15 is 0 Å². The fraction of sp³-hybridized carbons (Fsp3) is 0.750. The van der Waals surface area contributed by atoms with Gasteiger partial charge in [-0.3, -0.25) is 0 Å². The quantitative estimate of drug-likeness (QED) is 0.831. The van der Waals surface area contributed by atoms with E-state index in [9.17, 15) is 0 Å². The van der Waals surface area contributed by atoms with Crippen LogP contribution in [0.5, 0.6) is 0 Å². The van der Waals surface area contributed by atoms with Gasteiger partial charge in [0.2, 0.25) is 0 Å². The average Bonchev–Trinajstić information content (AvgIpc) is 2.64. The normalized spacial score (nSPS) is 12.4. The van der Waals surface area contributed by atoms with Gasteiger partial charge in [-0.15, -0.1) is 11.3 Å². The van der Waals surface area contributed by atoms with E-state index in [1.165, 1.54) is 10.7 Å². The molecule has 1 rings (SSSR count). The van der Waals surface area contributed by atoms with Crippen LogP contribution in [0.2, 0.25) is 0 Å². The van der Waals surface area contributed by atoms with Gasteiger partial charge in [-0.05, 0) is 32.7 Å². The number of hydrogen-bond acceptors (Lipinski definition) is 3. The summed E-state index contributed by atoms with van der Waals surface area (Å²) in [6, 6.07) is 0. The van der Waals surface area contributed by atoms with Crippen LogP contribution in [-0.4, -0.2) is 11.5 Å². The van der Waals surface area contributed by atoms with Crippen LogP contribution in [0.4, 0.5) is 0 Å². The summed E-state index contributed by atoms with van der Waals surface area (Å²) < 4.78 is 0. The van der Waals surface area contributed by atoms with E-state index in [2.05, 4.69) is 45.3 Å². The Morgan fingerprint density at radius 3 is 2.60 bits per heavy atom. The molecule has 2 nitrogen and oxygen atoms in total. The molecule has 0 spiro atoms. The van der Waals surface area contributed by atoms with Crippen molar-refractivity contribution >= 4 is 11.3 Å². The zero-order valence-corrected chi connectivity index (χ0v) is 11.2. The van der Waals surface area contributed by atoms with E-state index in [4.69, 9.17) is 4.98 Å². The fourth-order valence-corrected chi connectivity index (χ4v) is 2.43. The first-order chi connectivity index (χ1) is 6.97. The van der Waals surface area contributed by atoms with Crippen LogP contribution < -0.4 is 5.32 Å². The Bertz CT molecular complexity index is 302. The molecule has 15 heavy (non-hydrogen) atoms. The number of rotatable bonds is 5. The van der Waals surface area contributed by atoms with Crippen molar-refractivity contribution in [3.05, 3.63) is 16.1 Å². The highest BCUT2D eigenvalue weighted by molar-refractivity contribution is 7.09. The van der Waals surface area contributed by atoms with Crippen LogP contribution in [0.25, 0.3) is 0 Å². The first kappa shape index (κ1) is 12.7. The molecule has 0 saturated carbocycles. The van der Waals surface area contributed by atoms with Crippen LogP contribution in [-0.2, 0) is 5.54 Å². The highest BCUT2D eigenvalue weighted by Crippen LogP contribution is 2.26. The SMILES string of the molecule is CCCNC(C)(C)c1nc(C(C)C)cs1. The molecule has 86 valence electrons. The Morgan fingerprint density at radius 2 is 2.13 bits per heavy atom. The molecule has 0 amide bonds. The Balaban J connectivity index is 2.76. The molecule has 0 aliphatic carbocycles. The maximum absolute atomic E-state index is 4.69. The van der Waals surface area contributed by atoms with E-state index < -0.39 is 0 Å². The molecular weight excluding hydrogens is 204 g/mol. The summed E-state index contributed by atoms with van der Waals surface area (Å²) in [6.45, 7) is 12.0. The first-order valence-corrected chi connectivity index (χ1v) is 6.56. The highest BCUT2D eigenvalue weighted by Gasteiger charge is 2.23. The van der Waals surface area contributed by atoms with Crippen LogP contribution in [0, 0.1) is 0 Å². The van der Waals surface area contributed by atoms with Crippen LogP contribution in [0.15, 0.2) is 5.38 Å². The Labute approximate surface area is 97.1 Å². The van der Waals surface area contributed by atoms with E-state index in [-0.39, 0.29) is 5.54 Å². The van der Waals surface area contributed by atoms with Gasteiger partial charge < -0.3 is 5.32 Å². The fourth-order valence-electron chi connectivity index (χ4n) is 1.35. The van der Waals surface area contributed by atoms with E-state index in [0.717, 1.165) is 13.0 Å². The minimum absolute atomic E-state index is 0.00775. The van der Waals surface area contributed by atoms with Gasteiger partial charge in [-0.1, -0.05) is 20.8 Å². The number of aromatic nitrogens is 1. The number of hydrogen-bond donors (Lipinski definition) is 1. The van der Waals surface area contributed by atoms with Gasteiger partial charge in [-0.2, -0.15) is 0 Å². The molecule has 0 unspecified atom stereocenters. The van der Waals surface area contributed by atoms with E-state index in [0.29, 0.717) is 5.92 Å². The van der Waals surface area contributed by atoms with Crippen LogP contribution >= 0.6 is 11.3 Å². The number of nitrogens with zero attached hydrogens (tertiary/aromatic N) is 1. The maximum Gasteiger partial charge on any atom is 0.112 e. The largest absolute Gasteiger partial charge is 0.306 e. The molecule has 0 bridgehead atoms. The second-order valence-corrected chi connectivity index (χ2v) is 5.64. The van der Waals surface area contributed by atoms with Gasteiger partial charge >= 0.3 is 0 Å². The molecule has 1 heterocycles.